The molecule has 0 radical (unpaired) electrons. The van der Waals surface area contributed by atoms with Crippen LogP contribution in [0.25, 0.3) is 0 Å². The maximum Gasteiger partial charge on any atom is 0.259 e. The number of anilines is 2. The average Bonchev–Trinajstić information content (AvgIpc) is 2.91. The fourth-order valence-corrected chi connectivity index (χ4v) is 2.64. The maximum absolute atomic E-state index is 10.8. The van der Waals surface area contributed by atoms with Crippen molar-refractivity contribution in [3.05, 3.63) is 46.9 Å². The molecule has 0 saturated carbocycles. The van der Waals surface area contributed by atoms with Gasteiger partial charge in [0.25, 0.3) is 11.3 Å². The van der Waals surface area contributed by atoms with E-state index < -0.39 is 11.3 Å². The second-order valence-electron chi connectivity index (χ2n) is 3.97. The SMILES string of the molecule is O=S(O)Nc1cc(C(=S)S)c(NCc2ccco2)cc1Cl. The summed E-state index contributed by atoms with van der Waals surface area (Å²) in [4.78, 5) is 0. The third kappa shape index (κ3) is 4.45. The zero-order valence-electron chi connectivity index (χ0n) is 10.5. The molecule has 2 rings (SSSR count). The first kappa shape index (κ1) is 16.3. The Morgan fingerprint density at radius 1 is 1.48 bits per heavy atom. The predicted molar refractivity (Wildman–Crippen MR) is 92.6 cm³/mol. The minimum Gasteiger partial charge on any atom is -0.467 e. The summed E-state index contributed by atoms with van der Waals surface area (Å²) in [5.74, 6) is 0.751. The lowest BCUT2D eigenvalue weighted by atomic mass is 10.1. The molecule has 0 aliphatic rings. The van der Waals surface area contributed by atoms with Crippen molar-refractivity contribution in [3.63, 3.8) is 0 Å². The molecule has 0 aliphatic heterocycles. The first-order valence-electron chi connectivity index (χ1n) is 5.68. The van der Waals surface area contributed by atoms with E-state index in [0.717, 1.165) is 5.76 Å². The topological polar surface area (TPSA) is 74.5 Å². The zero-order chi connectivity index (χ0) is 15.4. The highest BCUT2D eigenvalue weighted by Gasteiger charge is 2.12. The molecule has 112 valence electrons. The van der Waals surface area contributed by atoms with Crippen LogP contribution in [0, 0.1) is 0 Å². The second kappa shape index (κ2) is 7.28. The van der Waals surface area contributed by atoms with Crippen molar-refractivity contribution in [1.29, 1.82) is 0 Å². The quantitative estimate of drug-likeness (QED) is 0.358. The van der Waals surface area contributed by atoms with Crippen molar-refractivity contribution in [2.45, 2.75) is 6.54 Å². The minimum absolute atomic E-state index is 0.285. The number of thiocarbonyl (C=S) groups is 1. The van der Waals surface area contributed by atoms with Crippen molar-refractivity contribution < 1.29 is 13.2 Å². The molecule has 5 nitrogen and oxygen atoms in total. The van der Waals surface area contributed by atoms with Crippen LogP contribution in [0.15, 0.2) is 34.9 Å². The lowest BCUT2D eigenvalue weighted by Gasteiger charge is -2.14. The van der Waals surface area contributed by atoms with E-state index in [1.54, 1.807) is 24.5 Å². The van der Waals surface area contributed by atoms with Crippen LogP contribution in [0.3, 0.4) is 0 Å². The Balaban J connectivity index is 2.29. The van der Waals surface area contributed by atoms with Gasteiger partial charge in [-0.15, -0.1) is 12.6 Å². The first-order valence-corrected chi connectivity index (χ1v) is 8.02. The van der Waals surface area contributed by atoms with E-state index in [-0.39, 0.29) is 5.02 Å². The summed E-state index contributed by atoms with van der Waals surface area (Å²) in [7, 11) is 0. The Kier molecular flexibility index (Phi) is 5.65. The van der Waals surface area contributed by atoms with Gasteiger partial charge in [0.2, 0.25) is 0 Å². The van der Waals surface area contributed by atoms with Gasteiger partial charge in [-0.3, -0.25) is 9.27 Å². The molecular formula is C12H11ClN2O3S3. The molecule has 21 heavy (non-hydrogen) atoms. The van der Waals surface area contributed by atoms with Gasteiger partial charge in [0.1, 0.15) is 5.76 Å². The van der Waals surface area contributed by atoms with Crippen molar-refractivity contribution >= 4 is 63.3 Å². The number of hydrogen-bond donors (Lipinski definition) is 4. The molecule has 0 saturated heterocycles. The van der Waals surface area contributed by atoms with Gasteiger partial charge in [-0.2, -0.15) is 0 Å². The van der Waals surface area contributed by atoms with Crippen LogP contribution in [0.4, 0.5) is 11.4 Å². The van der Waals surface area contributed by atoms with E-state index in [1.165, 1.54) is 0 Å². The highest BCUT2D eigenvalue weighted by atomic mass is 35.5. The molecule has 0 fully saturated rings. The number of nitrogens with one attached hydrogen (secondary N) is 2. The molecule has 1 unspecified atom stereocenters. The lowest BCUT2D eigenvalue weighted by molar-refractivity contribution is 0.518. The van der Waals surface area contributed by atoms with Crippen LogP contribution in [0.2, 0.25) is 5.02 Å². The predicted octanol–water partition coefficient (Wildman–Crippen LogP) is 3.70. The van der Waals surface area contributed by atoms with Gasteiger partial charge >= 0.3 is 0 Å². The zero-order valence-corrected chi connectivity index (χ0v) is 13.8. The third-order valence-electron chi connectivity index (χ3n) is 2.57. The Labute approximate surface area is 139 Å². The van der Waals surface area contributed by atoms with Gasteiger partial charge in [0.15, 0.2) is 0 Å². The van der Waals surface area contributed by atoms with E-state index in [2.05, 4.69) is 22.7 Å². The molecule has 0 spiro atoms. The summed E-state index contributed by atoms with van der Waals surface area (Å²) < 4.78 is 27.6. The lowest BCUT2D eigenvalue weighted by Crippen LogP contribution is -2.07. The fraction of sp³-hybridized carbons (Fsp3) is 0.0833. The number of hydrogen-bond acceptors (Lipinski definition) is 4. The molecule has 0 aliphatic carbocycles. The third-order valence-corrected chi connectivity index (χ3v) is 3.74. The molecule has 1 atom stereocenters. The standard InChI is InChI=1S/C12H11ClN2O3S3/c13-9-5-10(14-6-7-2-1-3-18-7)8(12(19)20)4-11(9)15-21(16)17/h1-5,14-15H,6H2,(H,16,17)(H,19,20). The van der Waals surface area contributed by atoms with Crippen LogP contribution < -0.4 is 10.0 Å². The molecule has 1 heterocycles. The van der Waals surface area contributed by atoms with E-state index in [9.17, 15) is 4.21 Å². The summed E-state index contributed by atoms with van der Waals surface area (Å²) in [6, 6.07) is 6.80. The van der Waals surface area contributed by atoms with E-state index in [4.69, 9.17) is 32.8 Å². The van der Waals surface area contributed by atoms with Crippen molar-refractivity contribution in [2.24, 2.45) is 0 Å². The first-order chi connectivity index (χ1) is 9.97. The average molecular weight is 363 g/mol. The summed E-state index contributed by atoms with van der Waals surface area (Å²) in [5.41, 5.74) is 1.55. The fourth-order valence-electron chi connectivity index (χ4n) is 1.66. The van der Waals surface area contributed by atoms with Crippen LogP contribution in [-0.2, 0) is 17.8 Å². The van der Waals surface area contributed by atoms with Crippen LogP contribution in [0.1, 0.15) is 11.3 Å². The summed E-state index contributed by atoms with van der Waals surface area (Å²) in [5, 5.41) is 3.42. The number of thiol groups is 1. The Morgan fingerprint density at radius 3 is 2.81 bits per heavy atom. The number of benzene rings is 1. The Hall–Kier alpha value is -1.06. The smallest absolute Gasteiger partial charge is 0.259 e. The van der Waals surface area contributed by atoms with E-state index in [1.807, 2.05) is 6.07 Å². The monoisotopic (exact) mass is 362 g/mol. The van der Waals surface area contributed by atoms with Gasteiger partial charge in [-0.05, 0) is 24.3 Å². The van der Waals surface area contributed by atoms with Crippen molar-refractivity contribution in [3.8, 4) is 0 Å². The molecule has 0 bridgehead atoms. The van der Waals surface area contributed by atoms with Crippen molar-refractivity contribution in [2.75, 3.05) is 10.0 Å². The van der Waals surface area contributed by atoms with Gasteiger partial charge in [0, 0.05) is 11.3 Å². The molecule has 2 aromatic rings. The van der Waals surface area contributed by atoms with Crippen LogP contribution in [0.5, 0.6) is 0 Å². The number of furan rings is 1. The number of rotatable bonds is 6. The van der Waals surface area contributed by atoms with Gasteiger partial charge in [0.05, 0.1) is 27.7 Å². The molecule has 1 aromatic carbocycles. The Morgan fingerprint density at radius 2 is 2.24 bits per heavy atom. The second-order valence-corrected chi connectivity index (χ2v) is 6.23. The van der Waals surface area contributed by atoms with Crippen LogP contribution >= 0.6 is 36.4 Å². The molecule has 3 N–H and O–H groups in total. The van der Waals surface area contributed by atoms with E-state index in [0.29, 0.717) is 27.7 Å². The summed E-state index contributed by atoms with van der Waals surface area (Å²) in [6.45, 7) is 0.450. The normalized spacial score (nSPS) is 12.0. The van der Waals surface area contributed by atoms with Gasteiger partial charge < -0.3 is 9.73 Å². The molecular weight excluding hydrogens is 352 g/mol. The van der Waals surface area contributed by atoms with Gasteiger partial charge in [-0.1, -0.05) is 23.8 Å². The highest BCUT2D eigenvalue weighted by Crippen LogP contribution is 2.31. The van der Waals surface area contributed by atoms with E-state index >= 15 is 0 Å². The molecule has 1 aromatic heterocycles. The minimum atomic E-state index is -2.22. The maximum atomic E-state index is 10.8. The highest BCUT2D eigenvalue weighted by molar-refractivity contribution is 8.11. The summed E-state index contributed by atoms with van der Waals surface area (Å²) in [6.07, 6.45) is 1.58. The summed E-state index contributed by atoms with van der Waals surface area (Å²) >= 11 is 13.1. The molecule has 9 heteroatoms. The number of halogens is 1. The molecule has 0 amide bonds. The largest absolute Gasteiger partial charge is 0.467 e. The van der Waals surface area contributed by atoms with Crippen molar-refractivity contribution in [1.82, 2.24) is 0 Å². The van der Waals surface area contributed by atoms with Crippen LogP contribution in [-0.4, -0.2) is 13.0 Å². The van der Waals surface area contributed by atoms with Gasteiger partial charge in [-0.25, -0.2) is 4.21 Å². The Bertz CT molecular complexity index is 677.